The fourth-order valence-electron chi connectivity index (χ4n) is 2.52. The zero-order valence-electron chi connectivity index (χ0n) is 15.2. The number of hydrogen-bond donors (Lipinski definition) is 2. The summed E-state index contributed by atoms with van der Waals surface area (Å²) in [6, 6.07) is 8.05. The van der Waals surface area contributed by atoms with Crippen LogP contribution in [0.5, 0.6) is 0 Å². The highest BCUT2D eigenvalue weighted by atomic mass is 16.2. The van der Waals surface area contributed by atoms with Crippen molar-refractivity contribution in [3.8, 4) is 0 Å². The molecule has 0 radical (unpaired) electrons. The van der Waals surface area contributed by atoms with E-state index >= 15 is 0 Å². The van der Waals surface area contributed by atoms with Crippen molar-refractivity contribution in [1.29, 1.82) is 0 Å². The van der Waals surface area contributed by atoms with Crippen LogP contribution >= 0.6 is 0 Å². The van der Waals surface area contributed by atoms with Crippen LogP contribution in [0.4, 0.5) is 0 Å². The number of aryl methyl sites for hydroxylation is 1. The summed E-state index contributed by atoms with van der Waals surface area (Å²) in [5, 5.41) is 5.35. The molecule has 4 nitrogen and oxygen atoms in total. The first-order valence-electron chi connectivity index (χ1n) is 9.31. The number of carbonyl (C=O) groups is 2. The van der Waals surface area contributed by atoms with Crippen LogP contribution in [0.1, 0.15) is 69.9 Å². The van der Waals surface area contributed by atoms with E-state index in [9.17, 15) is 9.59 Å². The lowest BCUT2D eigenvalue weighted by Gasteiger charge is -2.07. The van der Waals surface area contributed by atoms with Gasteiger partial charge in [-0.3, -0.25) is 9.59 Å². The molecule has 0 fully saturated rings. The molecular formula is C20H32N2O2. The smallest absolute Gasteiger partial charge is 0.309 e. The van der Waals surface area contributed by atoms with E-state index in [0.29, 0.717) is 13.1 Å². The average molecular weight is 332 g/mol. The lowest BCUT2D eigenvalue weighted by atomic mass is 10.1. The monoisotopic (exact) mass is 332 g/mol. The Morgan fingerprint density at radius 2 is 1.29 bits per heavy atom. The molecule has 1 aromatic carbocycles. The Kier molecular flexibility index (Phi) is 10.6. The molecule has 134 valence electrons. The number of nitrogens with one attached hydrogen (secondary N) is 2. The first kappa shape index (κ1) is 20.2. The maximum Gasteiger partial charge on any atom is 0.309 e. The molecule has 0 atom stereocenters. The average Bonchev–Trinajstić information content (AvgIpc) is 2.62. The maximum absolute atomic E-state index is 11.8. The SMILES string of the molecule is CCCCCCCCCNC(=O)C(=O)NCc1ccc(CC)cc1. The third-order valence-corrected chi connectivity index (χ3v) is 4.16. The Labute approximate surface area is 146 Å². The second-order valence-electron chi connectivity index (χ2n) is 6.23. The summed E-state index contributed by atoms with van der Waals surface area (Å²) in [6.45, 7) is 5.27. The van der Waals surface area contributed by atoms with Crippen LogP contribution in [0, 0.1) is 0 Å². The van der Waals surface area contributed by atoms with Gasteiger partial charge in [0.05, 0.1) is 0 Å². The Hall–Kier alpha value is -1.84. The van der Waals surface area contributed by atoms with Gasteiger partial charge in [0.1, 0.15) is 0 Å². The summed E-state index contributed by atoms with van der Waals surface area (Å²) in [7, 11) is 0. The van der Waals surface area contributed by atoms with Crippen LogP contribution < -0.4 is 10.6 Å². The molecule has 0 unspecified atom stereocenters. The van der Waals surface area contributed by atoms with Gasteiger partial charge in [-0.1, -0.05) is 76.6 Å². The Morgan fingerprint density at radius 3 is 1.92 bits per heavy atom. The highest BCUT2D eigenvalue weighted by Gasteiger charge is 2.11. The Morgan fingerprint density at radius 1 is 0.750 bits per heavy atom. The van der Waals surface area contributed by atoms with E-state index in [4.69, 9.17) is 0 Å². The molecule has 4 heteroatoms. The van der Waals surface area contributed by atoms with E-state index in [-0.39, 0.29) is 0 Å². The molecule has 0 spiro atoms. The third-order valence-electron chi connectivity index (χ3n) is 4.16. The molecule has 2 N–H and O–H groups in total. The molecule has 24 heavy (non-hydrogen) atoms. The highest BCUT2D eigenvalue weighted by Crippen LogP contribution is 2.06. The minimum absolute atomic E-state index is 0.383. The van der Waals surface area contributed by atoms with Gasteiger partial charge in [0, 0.05) is 13.1 Å². The molecule has 0 bridgehead atoms. The Balaban J connectivity index is 2.10. The van der Waals surface area contributed by atoms with Gasteiger partial charge >= 0.3 is 11.8 Å². The number of carbonyl (C=O) groups excluding carboxylic acids is 2. The minimum atomic E-state index is -0.558. The van der Waals surface area contributed by atoms with Crippen LogP contribution in [-0.4, -0.2) is 18.4 Å². The van der Waals surface area contributed by atoms with Gasteiger partial charge < -0.3 is 10.6 Å². The van der Waals surface area contributed by atoms with Gasteiger partial charge in [-0.15, -0.1) is 0 Å². The summed E-state index contributed by atoms with van der Waals surface area (Å²) < 4.78 is 0. The summed E-state index contributed by atoms with van der Waals surface area (Å²) in [6.07, 6.45) is 9.36. The largest absolute Gasteiger partial charge is 0.348 e. The number of rotatable bonds is 11. The van der Waals surface area contributed by atoms with Gasteiger partial charge in [0.25, 0.3) is 0 Å². The van der Waals surface area contributed by atoms with Gasteiger partial charge in [-0.05, 0) is 24.0 Å². The second kappa shape index (κ2) is 12.6. The van der Waals surface area contributed by atoms with E-state index in [1.54, 1.807) is 0 Å². The zero-order chi connectivity index (χ0) is 17.6. The third kappa shape index (κ3) is 8.70. The molecule has 0 saturated carbocycles. The normalized spacial score (nSPS) is 10.4. The molecule has 1 rings (SSSR count). The minimum Gasteiger partial charge on any atom is -0.348 e. The van der Waals surface area contributed by atoms with Gasteiger partial charge in [-0.2, -0.15) is 0 Å². The van der Waals surface area contributed by atoms with Gasteiger partial charge in [0.15, 0.2) is 0 Å². The lowest BCUT2D eigenvalue weighted by molar-refractivity contribution is -0.139. The van der Waals surface area contributed by atoms with Crippen molar-refractivity contribution in [3.05, 3.63) is 35.4 Å². The predicted octanol–water partition coefficient (Wildman–Crippen LogP) is 3.73. The zero-order valence-corrected chi connectivity index (χ0v) is 15.2. The molecule has 0 saturated heterocycles. The second-order valence-corrected chi connectivity index (χ2v) is 6.23. The van der Waals surface area contributed by atoms with Crippen LogP contribution in [-0.2, 0) is 22.6 Å². The van der Waals surface area contributed by atoms with Crippen molar-refractivity contribution in [3.63, 3.8) is 0 Å². The molecule has 1 aromatic rings. The first-order chi connectivity index (χ1) is 11.7. The van der Waals surface area contributed by atoms with E-state index in [1.165, 1.54) is 37.7 Å². The fraction of sp³-hybridized carbons (Fsp3) is 0.600. The van der Waals surface area contributed by atoms with Crippen LogP contribution in [0.15, 0.2) is 24.3 Å². The highest BCUT2D eigenvalue weighted by molar-refractivity contribution is 6.35. The Bertz CT molecular complexity index is 483. The molecule has 0 aliphatic heterocycles. The standard InChI is InChI=1S/C20H32N2O2/c1-3-5-6-7-8-9-10-15-21-19(23)20(24)22-16-18-13-11-17(4-2)12-14-18/h11-14H,3-10,15-16H2,1-2H3,(H,21,23)(H,22,24). The van der Waals surface area contributed by atoms with Gasteiger partial charge in [0.2, 0.25) is 0 Å². The van der Waals surface area contributed by atoms with E-state index < -0.39 is 11.8 Å². The van der Waals surface area contributed by atoms with Crippen LogP contribution in [0.3, 0.4) is 0 Å². The van der Waals surface area contributed by atoms with Gasteiger partial charge in [-0.25, -0.2) is 0 Å². The summed E-state index contributed by atoms with van der Waals surface area (Å²) >= 11 is 0. The molecule has 2 amide bonds. The number of amides is 2. The van der Waals surface area contributed by atoms with E-state index in [0.717, 1.165) is 24.8 Å². The quantitative estimate of drug-likeness (QED) is 0.479. The number of unbranched alkanes of at least 4 members (excludes halogenated alkanes) is 6. The van der Waals surface area contributed by atoms with Crippen molar-refractivity contribution < 1.29 is 9.59 Å². The van der Waals surface area contributed by atoms with E-state index in [1.807, 2.05) is 24.3 Å². The summed E-state index contributed by atoms with van der Waals surface area (Å²) in [5.74, 6) is -1.09. The van der Waals surface area contributed by atoms with Crippen molar-refractivity contribution in [2.45, 2.75) is 71.8 Å². The molecule has 0 aliphatic carbocycles. The fourth-order valence-corrected chi connectivity index (χ4v) is 2.52. The maximum atomic E-state index is 11.8. The topological polar surface area (TPSA) is 58.2 Å². The molecule has 0 aliphatic rings. The number of benzene rings is 1. The molecular weight excluding hydrogens is 300 g/mol. The summed E-state index contributed by atoms with van der Waals surface area (Å²) in [5.41, 5.74) is 2.26. The number of hydrogen-bond acceptors (Lipinski definition) is 2. The van der Waals surface area contributed by atoms with Crippen LogP contribution in [0.2, 0.25) is 0 Å². The molecule has 0 aromatic heterocycles. The predicted molar refractivity (Wildman–Crippen MR) is 98.7 cm³/mol. The summed E-state index contributed by atoms with van der Waals surface area (Å²) in [4.78, 5) is 23.5. The van der Waals surface area contributed by atoms with Crippen molar-refractivity contribution >= 4 is 11.8 Å². The van der Waals surface area contributed by atoms with Crippen molar-refractivity contribution in [2.75, 3.05) is 6.54 Å². The first-order valence-corrected chi connectivity index (χ1v) is 9.31. The van der Waals surface area contributed by atoms with Crippen molar-refractivity contribution in [2.24, 2.45) is 0 Å². The van der Waals surface area contributed by atoms with E-state index in [2.05, 4.69) is 24.5 Å². The van der Waals surface area contributed by atoms with Crippen LogP contribution in [0.25, 0.3) is 0 Å². The van der Waals surface area contributed by atoms with Crippen molar-refractivity contribution in [1.82, 2.24) is 10.6 Å². The lowest BCUT2D eigenvalue weighted by Crippen LogP contribution is -2.39. The molecule has 0 heterocycles.